The molecule has 0 radical (unpaired) electrons. The van der Waals surface area contributed by atoms with E-state index in [4.69, 9.17) is 0 Å². The van der Waals surface area contributed by atoms with Gasteiger partial charge in [0.25, 0.3) is 0 Å². The van der Waals surface area contributed by atoms with Crippen molar-refractivity contribution in [2.24, 2.45) is 0 Å². The maximum absolute atomic E-state index is 4.38. The SMILES string of the molecule is CC(NCc1ncnn1-c1ccccc1)c1ccc(-n2ccnn2)cc1. The van der Waals surface area contributed by atoms with Gasteiger partial charge in [0.05, 0.1) is 30.3 Å². The molecule has 1 atom stereocenters. The van der Waals surface area contributed by atoms with Gasteiger partial charge in [-0.25, -0.2) is 14.3 Å². The molecule has 7 heteroatoms. The van der Waals surface area contributed by atoms with Crippen LogP contribution in [0, 0.1) is 0 Å². The van der Waals surface area contributed by atoms with Gasteiger partial charge in [-0.15, -0.1) is 5.10 Å². The molecule has 0 saturated carbocycles. The maximum atomic E-state index is 4.38. The third-order valence-corrected chi connectivity index (χ3v) is 4.27. The van der Waals surface area contributed by atoms with Crippen LogP contribution in [-0.4, -0.2) is 29.8 Å². The third-order valence-electron chi connectivity index (χ3n) is 4.27. The zero-order valence-corrected chi connectivity index (χ0v) is 14.4. The molecule has 0 bridgehead atoms. The van der Waals surface area contributed by atoms with Gasteiger partial charge in [0.2, 0.25) is 0 Å². The Hall–Kier alpha value is -3.32. The van der Waals surface area contributed by atoms with Gasteiger partial charge in [-0.3, -0.25) is 0 Å². The highest BCUT2D eigenvalue weighted by Gasteiger charge is 2.10. The van der Waals surface area contributed by atoms with E-state index in [9.17, 15) is 0 Å². The van der Waals surface area contributed by atoms with Crippen LogP contribution in [-0.2, 0) is 6.54 Å². The van der Waals surface area contributed by atoms with Gasteiger partial charge in [-0.2, -0.15) is 5.10 Å². The van der Waals surface area contributed by atoms with Crippen LogP contribution in [0.25, 0.3) is 11.4 Å². The molecule has 4 rings (SSSR count). The number of hydrogen-bond acceptors (Lipinski definition) is 5. The molecule has 2 aromatic heterocycles. The van der Waals surface area contributed by atoms with Gasteiger partial charge < -0.3 is 5.32 Å². The first-order valence-corrected chi connectivity index (χ1v) is 8.45. The standard InChI is InChI=1S/C19H19N7/c1-15(16-7-9-17(10-8-16)25-12-11-22-24-25)20-13-19-21-14-23-26(19)18-5-3-2-4-6-18/h2-12,14-15,20H,13H2,1H3. The van der Waals surface area contributed by atoms with Crippen molar-refractivity contribution in [3.63, 3.8) is 0 Å². The smallest absolute Gasteiger partial charge is 0.146 e. The van der Waals surface area contributed by atoms with Crippen molar-refractivity contribution in [3.05, 3.63) is 84.7 Å². The quantitative estimate of drug-likeness (QED) is 0.582. The van der Waals surface area contributed by atoms with E-state index in [-0.39, 0.29) is 6.04 Å². The van der Waals surface area contributed by atoms with Crippen LogP contribution in [0.15, 0.2) is 73.3 Å². The summed E-state index contributed by atoms with van der Waals surface area (Å²) in [5, 5.41) is 15.7. The minimum absolute atomic E-state index is 0.181. The number of nitrogens with zero attached hydrogens (tertiary/aromatic N) is 6. The highest BCUT2D eigenvalue weighted by molar-refractivity contribution is 5.34. The second-order valence-corrected chi connectivity index (χ2v) is 5.97. The Morgan fingerprint density at radius 1 is 1.00 bits per heavy atom. The van der Waals surface area contributed by atoms with Gasteiger partial charge in [0, 0.05) is 6.04 Å². The molecule has 0 aliphatic carbocycles. The van der Waals surface area contributed by atoms with Crippen LogP contribution in [0.1, 0.15) is 24.4 Å². The lowest BCUT2D eigenvalue weighted by atomic mass is 10.1. The normalized spacial score (nSPS) is 12.2. The third kappa shape index (κ3) is 3.38. The summed E-state index contributed by atoms with van der Waals surface area (Å²) < 4.78 is 3.59. The molecule has 1 unspecified atom stereocenters. The lowest BCUT2D eigenvalue weighted by Crippen LogP contribution is -2.20. The van der Waals surface area contributed by atoms with Gasteiger partial charge in [-0.1, -0.05) is 35.5 Å². The molecule has 0 spiro atoms. The predicted molar refractivity (Wildman–Crippen MR) is 98.0 cm³/mol. The first-order valence-electron chi connectivity index (χ1n) is 8.45. The molecule has 7 nitrogen and oxygen atoms in total. The van der Waals surface area contributed by atoms with E-state index in [1.165, 1.54) is 5.56 Å². The van der Waals surface area contributed by atoms with Gasteiger partial charge in [0.15, 0.2) is 0 Å². The monoisotopic (exact) mass is 345 g/mol. The average molecular weight is 345 g/mol. The van der Waals surface area contributed by atoms with E-state index < -0.39 is 0 Å². The minimum atomic E-state index is 0.181. The van der Waals surface area contributed by atoms with Crippen LogP contribution in [0.2, 0.25) is 0 Å². The lowest BCUT2D eigenvalue weighted by molar-refractivity contribution is 0.550. The van der Waals surface area contributed by atoms with Crippen molar-refractivity contribution in [1.82, 2.24) is 35.1 Å². The second kappa shape index (κ2) is 7.28. The molecule has 0 amide bonds. The van der Waals surface area contributed by atoms with Crippen LogP contribution < -0.4 is 5.32 Å². The topological polar surface area (TPSA) is 73.5 Å². The Morgan fingerprint density at radius 2 is 1.81 bits per heavy atom. The van der Waals surface area contributed by atoms with Crippen molar-refractivity contribution in [1.29, 1.82) is 0 Å². The number of rotatable bonds is 6. The summed E-state index contributed by atoms with van der Waals surface area (Å²) in [5.74, 6) is 0.877. The molecule has 0 saturated heterocycles. The number of para-hydroxylation sites is 1. The first kappa shape index (κ1) is 16.2. The number of aromatic nitrogens is 6. The molecule has 130 valence electrons. The fourth-order valence-corrected chi connectivity index (χ4v) is 2.79. The largest absolute Gasteiger partial charge is 0.303 e. The van der Waals surface area contributed by atoms with E-state index in [0.717, 1.165) is 17.2 Å². The van der Waals surface area contributed by atoms with E-state index in [1.54, 1.807) is 17.2 Å². The molecule has 0 fully saturated rings. The second-order valence-electron chi connectivity index (χ2n) is 5.97. The van der Waals surface area contributed by atoms with E-state index in [1.807, 2.05) is 53.3 Å². The highest BCUT2D eigenvalue weighted by Crippen LogP contribution is 2.16. The Balaban J connectivity index is 1.43. The summed E-state index contributed by atoms with van der Waals surface area (Å²) in [6, 6.07) is 18.5. The lowest BCUT2D eigenvalue weighted by Gasteiger charge is -2.15. The molecule has 1 N–H and O–H groups in total. The Labute approximate surface area is 151 Å². The molecule has 4 aromatic rings. The van der Waals surface area contributed by atoms with Crippen molar-refractivity contribution in [2.45, 2.75) is 19.5 Å². The molecule has 26 heavy (non-hydrogen) atoms. The molecule has 2 heterocycles. The highest BCUT2D eigenvalue weighted by atomic mass is 15.4. The summed E-state index contributed by atoms with van der Waals surface area (Å²) in [6.45, 7) is 2.76. The molecule has 0 aliphatic heterocycles. The van der Waals surface area contributed by atoms with Crippen molar-refractivity contribution in [2.75, 3.05) is 0 Å². The van der Waals surface area contributed by atoms with Crippen LogP contribution in [0.4, 0.5) is 0 Å². The van der Waals surface area contributed by atoms with Gasteiger partial charge in [0.1, 0.15) is 12.2 Å². The number of nitrogens with one attached hydrogen (secondary N) is 1. The van der Waals surface area contributed by atoms with E-state index in [0.29, 0.717) is 6.54 Å². The van der Waals surface area contributed by atoms with Crippen molar-refractivity contribution in [3.8, 4) is 11.4 Å². The predicted octanol–water partition coefficient (Wildman–Crippen LogP) is 2.70. The van der Waals surface area contributed by atoms with Gasteiger partial charge in [-0.05, 0) is 36.8 Å². The summed E-state index contributed by atoms with van der Waals surface area (Å²) in [7, 11) is 0. The van der Waals surface area contributed by atoms with Crippen molar-refractivity contribution >= 4 is 0 Å². The Bertz CT molecular complexity index is 943. The van der Waals surface area contributed by atoms with E-state index >= 15 is 0 Å². The molecular weight excluding hydrogens is 326 g/mol. The zero-order valence-electron chi connectivity index (χ0n) is 14.4. The fraction of sp³-hybridized carbons (Fsp3) is 0.158. The van der Waals surface area contributed by atoms with Crippen LogP contribution in [0.5, 0.6) is 0 Å². The Morgan fingerprint density at radius 3 is 2.54 bits per heavy atom. The number of benzene rings is 2. The zero-order chi connectivity index (χ0) is 17.8. The summed E-state index contributed by atoms with van der Waals surface area (Å²) in [5.41, 5.74) is 3.19. The average Bonchev–Trinajstić information content (AvgIpc) is 3.39. The molecular formula is C19H19N7. The summed E-state index contributed by atoms with van der Waals surface area (Å²) in [4.78, 5) is 4.38. The molecule has 0 aliphatic rings. The van der Waals surface area contributed by atoms with Crippen LogP contribution >= 0.6 is 0 Å². The van der Waals surface area contributed by atoms with Crippen molar-refractivity contribution < 1.29 is 0 Å². The molecule has 2 aromatic carbocycles. The summed E-state index contributed by atoms with van der Waals surface area (Å²) >= 11 is 0. The van der Waals surface area contributed by atoms with Crippen LogP contribution in [0.3, 0.4) is 0 Å². The maximum Gasteiger partial charge on any atom is 0.146 e. The van der Waals surface area contributed by atoms with E-state index in [2.05, 4.69) is 44.8 Å². The summed E-state index contributed by atoms with van der Waals surface area (Å²) in [6.07, 6.45) is 5.08. The van der Waals surface area contributed by atoms with Gasteiger partial charge >= 0.3 is 0 Å². The minimum Gasteiger partial charge on any atom is -0.303 e. The Kier molecular flexibility index (Phi) is 4.53. The fourth-order valence-electron chi connectivity index (χ4n) is 2.79. The number of hydrogen-bond donors (Lipinski definition) is 1. The first-order chi connectivity index (χ1) is 12.8.